The van der Waals surface area contributed by atoms with Gasteiger partial charge >= 0.3 is 11.9 Å². The number of hydrogen-bond donors (Lipinski definition) is 1. The van der Waals surface area contributed by atoms with Crippen molar-refractivity contribution >= 4 is 11.9 Å². The van der Waals surface area contributed by atoms with Gasteiger partial charge < -0.3 is 9.84 Å². The average Bonchev–Trinajstić information content (AvgIpc) is 1.98. The van der Waals surface area contributed by atoms with E-state index in [4.69, 9.17) is 9.84 Å². The second kappa shape index (κ2) is 6.18. The molecule has 1 atom stereocenters. The van der Waals surface area contributed by atoms with Crippen LogP contribution < -0.4 is 0 Å². The molecule has 0 rings (SSSR count). The Kier molecular flexibility index (Phi) is 5.60. The van der Waals surface area contributed by atoms with E-state index < -0.39 is 5.97 Å². The van der Waals surface area contributed by atoms with E-state index >= 15 is 0 Å². The summed E-state index contributed by atoms with van der Waals surface area (Å²) in [5.41, 5.74) is 0.918. The number of esters is 1. The molecular weight excluding hydrogens is 184 g/mol. The third kappa shape index (κ3) is 7.34. The van der Waals surface area contributed by atoms with Crippen LogP contribution in [0.15, 0.2) is 11.6 Å². The van der Waals surface area contributed by atoms with Gasteiger partial charge in [-0.15, -0.1) is 0 Å². The minimum absolute atomic E-state index is 0.106. The molecule has 0 radical (unpaired) electrons. The molecule has 4 nitrogen and oxygen atoms in total. The Morgan fingerprint density at radius 3 is 2.36 bits per heavy atom. The van der Waals surface area contributed by atoms with Crippen molar-refractivity contribution in [3.05, 3.63) is 11.6 Å². The molecule has 0 saturated carbocycles. The van der Waals surface area contributed by atoms with E-state index in [1.807, 2.05) is 6.92 Å². The summed E-state index contributed by atoms with van der Waals surface area (Å²) in [5, 5.41) is 8.43. The lowest BCUT2D eigenvalue weighted by atomic mass is 10.1. The van der Waals surface area contributed by atoms with Gasteiger partial charge in [-0.1, -0.05) is 5.57 Å². The minimum atomic E-state index is -0.821. The molecule has 14 heavy (non-hydrogen) atoms. The number of hydrogen-bond acceptors (Lipinski definition) is 3. The van der Waals surface area contributed by atoms with Gasteiger partial charge in [-0.25, -0.2) is 0 Å². The van der Waals surface area contributed by atoms with E-state index in [1.54, 1.807) is 13.0 Å². The van der Waals surface area contributed by atoms with E-state index in [2.05, 4.69) is 0 Å². The van der Waals surface area contributed by atoms with E-state index in [0.29, 0.717) is 6.42 Å². The summed E-state index contributed by atoms with van der Waals surface area (Å²) in [5.74, 6) is -1.15. The molecule has 0 aliphatic rings. The van der Waals surface area contributed by atoms with Gasteiger partial charge in [-0.05, 0) is 26.3 Å². The highest BCUT2D eigenvalue weighted by molar-refractivity contribution is 5.67. The van der Waals surface area contributed by atoms with Crippen LogP contribution in [0.4, 0.5) is 0 Å². The quantitative estimate of drug-likeness (QED) is 0.542. The Morgan fingerprint density at radius 2 is 1.93 bits per heavy atom. The van der Waals surface area contributed by atoms with Crippen LogP contribution in [0.3, 0.4) is 0 Å². The second-order valence-electron chi connectivity index (χ2n) is 3.22. The highest BCUT2D eigenvalue weighted by Gasteiger charge is 2.03. The van der Waals surface area contributed by atoms with Crippen LogP contribution in [0.1, 0.15) is 33.6 Å². The van der Waals surface area contributed by atoms with Gasteiger partial charge in [0, 0.05) is 13.3 Å². The number of allylic oxidation sites excluding steroid dienone is 1. The SMILES string of the molecule is CC(=O)OC(C)C=C(C)CCC(=O)O. The van der Waals surface area contributed by atoms with Crippen LogP contribution in [0.2, 0.25) is 0 Å². The van der Waals surface area contributed by atoms with Crippen LogP contribution in [0.25, 0.3) is 0 Å². The molecule has 0 bridgehead atoms. The summed E-state index contributed by atoms with van der Waals surface area (Å²) in [4.78, 5) is 20.8. The second-order valence-corrected chi connectivity index (χ2v) is 3.22. The van der Waals surface area contributed by atoms with Crippen molar-refractivity contribution < 1.29 is 19.4 Å². The van der Waals surface area contributed by atoms with Crippen LogP contribution in [0, 0.1) is 0 Å². The van der Waals surface area contributed by atoms with Crippen molar-refractivity contribution in [3.63, 3.8) is 0 Å². The van der Waals surface area contributed by atoms with Crippen LogP contribution >= 0.6 is 0 Å². The van der Waals surface area contributed by atoms with Crippen molar-refractivity contribution in [2.45, 2.75) is 39.7 Å². The summed E-state index contributed by atoms with van der Waals surface area (Å²) < 4.78 is 4.86. The zero-order chi connectivity index (χ0) is 11.1. The fraction of sp³-hybridized carbons (Fsp3) is 0.600. The number of carbonyl (C=O) groups excluding carboxylic acids is 1. The van der Waals surface area contributed by atoms with Crippen LogP contribution in [-0.2, 0) is 14.3 Å². The van der Waals surface area contributed by atoms with E-state index in [0.717, 1.165) is 5.57 Å². The highest BCUT2D eigenvalue weighted by atomic mass is 16.5. The fourth-order valence-electron chi connectivity index (χ4n) is 1.08. The number of aliphatic carboxylic acids is 1. The van der Waals surface area contributed by atoms with Gasteiger partial charge in [0.05, 0.1) is 0 Å². The first-order valence-electron chi connectivity index (χ1n) is 4.48. The zero-order valence-electron chi connectivity index (χ0n) is 8.74. The van der Waals surface area contributed by atoms with Gasteiger partial charge in [-0.3, -0.25) is 9.59 Å². The molecular formula is C10H16O4. The Balaban J connectivity index is 3.95. The van der Waals surface area contributed by atoms with Crippen molar-refractivity contribution in [3.8, 4) is 0 Å². The lowest BCUT2D eigenvalue weighted by molar-refractivity contribution is -0.143. The largest absolute Gasteiger partial charge is 0.481 e. The molecule has 0 aromatic carbocycles. The number of carbonyl (C=O) groups is 2. The molecule has 0 heterocycles. The Labute approximate surface area is 83.6 Å². The maximum absolute atomic E-state index is 10.6. The topological polar surface area (TPSA) is 63.6 Å². The smallest absolute Gasteiger partial charge is 0.303 e. The van der Waals surface area contributed by atoms with Gasteiger partial charge in [-0.2, -0.15) is 0 Å². The van der Waals surface area contributed by atoms with E-state index in [-0.39, 0.29) is 18.5 Å². The molecule has 0 aromatic heterocycles. The van der Waals surface area contributed by atoms with Gasteiger partial charge in [0.1, 0.15) is 6.10 Å². The van der Waals surface area contributed by atoms with E-state index in [1.165, 1.54) is 6.92 Å². The summed E-state index contributed by atoms with van der Waals surface area (Å²) in [7, 11) is 0. The van der Waals surface area contributed by atoms with Crippen molar-refractivity contribution in [1.82, 2.24) is 0 Å². The molecule has 0 fully saturated rings. The van der Waals surface area contributed by atoms with Crippen molar-refractivity contribution in [1.29, 1.82) is 0 Å². The van der Waals surface area contributed by atoms with Crippen molar-refractivity contribution in [2.75, 3.05) is 0 Å². The first-order valence-corrected chi connectivity index (χ1v) is 4.48. The van der Waals surface area contributed by atoms with Crippen LogP contribution in [0.5, 0.6) is 0 Å². The third-order valence-corrected chi connectivity index (χ3v) is 1.60. The number of carboxylic acid groups (broad SMARTS) is 1. The Bertz CT molecular complexity index is 243. The lowest BCUT2D eigenvalue weighted by Gasteiger charge is -2.08. The monoisotopic (exact) mass is 200 g/mol. The van der Waals surface area contributed by atoms with E-state index in [9.17, 15) is 9.59 Å². The summed E-state index contributed by atoms with van der Waals surface area (Å²) in [6.07, 6.45) is 2.06. The fourth-order valence-corrected chi connectivity index (χ4v) is 1.08. The summed E-state index contributed by atoms with van der Waals surface area (Å²) in [6, 6.07) is 0. The first-order chi connectivity index (χ1) is 6.41. The zero-order valence-corrected chi connectivity index (χ0v) is 8.74. The Hall–Kier alpha value is -1.32. The number of rotatable bonds is 5. The molecule has 1 N–H and O–H groups in total. The molecule has 0 spiro atoms. The van der Waals surface area contributed by atoms with Gasteiger partial charge in [0.25, 0.3) is 0 Å². The molecule has 4 heteroatoms. The lowest BCUT2D eigenvalue weighted by Crippen LogP contribution is -2.09. The molecule has 80 valence electrons. The molecule has 0 aliphatic carbocycles. The molecule has 0 aromatic rings. The number of ether oxygens (including phenoxy) is 1. The van der Waals surface area contributed by atoms with Crippen LogP contribution in [-0.4, -0.2) is 23.1 Å². The minimum Gasteiger partial charge on any atom is -0.481 e. The summed E-state index contributed by atoms with van der Waals surface area (Å²) in [6.45, 7) is 4.91. The van der Waals surface area contributed by atoms with Gasteiger partial charge in [0.15, 0.2) is 0 Å². The predicted octanol–water partition coefficient (Wildman–Crippen LogP) is 1.75. The predicted molar refractivity (Wildman–Crippen MR) is 51.9 cm³/mol. The number of carboxylic acids is 1. The maximum atomic E-state index is 10.6. The molecule has 1 unspecified atom stereocenters. The first kappa shape index (κ1) is 12.7. The molecule has 0 amide bonds. The highest BCUT2D eigenvalue weighted by Crippen LogP contribution is 2.07. The average molecular weight is 200 g/mol. The maximum Gasteiger partial charge on any atom is 0.303 e. The molecule has 0 saturated heterocycles. The normalized spacial score (nSPS) is 13.5. The summed E-state index contributed by atoms with van der Waals surface area (Å²) >= 11 is 0. The third-order valence-electron chi connectivity index (χ3n) is 1.60. The standard InChI is InChI=1S/C10H16O4/c1-7(4-5-10(12)13)6-8(2)14-9(3)11/h6,8H,4-5H2,1-3H3,(H,12,13). The van der Waals surface area contributed by atoms with Crippen molar-refractivity contribution in [2.24, 2.45) is 0 Å². The van der Waals surface area contributed by atoms with Gasteiger partial charge in [0.2, 0.25) is 0 Å². The Morgan fingerprint density at radius 1 is 1.36 bits per heavy atom. The molecule has 0 aliphatic heterocycles.